The van der Waals surface area contributed by atoms with Gasteiger partial charge in [-0.15, -0.1) is 0 Å². The van der Waals surface area contributed by atoms with Crippen LogP contribution in [0.2, 0.25) is 0 Å². The maximum atomic E-state index is 7.28. The highest BCUT2D eigenvalue weighted by Gasteiger charge is 2.54. The third-order valence-electron chi connectivity index (χ3n) is 20.8. The number of benzene rings is 8. The molecular weight excluding hydrogens is 872 g/mol. The van der Waals surface area contributed by atoms with E-state index in [1.165, 1.54) is 165 Å². The summed E-state index contributed by atoms with van der Waals surface area (Å²) in [7, 11) is 0. The lowest BCUT2D eigenvalue weighted by atomic mass is 9.44. The van der Waals surface area contributed by atoms with Gasteiger partial charge in [-0.1, -0.05) is 109 Å². The minimum atomic E-state index is -0.0746. The predicted molar refractivity (Wildman–Crippen MR) is 298 cm³/mol. The SMILES string of the molecule is c1ccc(-c2ccc(N3c4ccc(-c5ccccc5)cc4B4c5c(cc6c(oc7ccccc76)c53)-c3cc(C56CC7CC(CC(C7)C5)C6)cc5c6cc(C78CC9CC(CC(C9)C7)C8)ccc6n4c35)cc2)cc1. The summed E-state index contributed by atoms with van der Waals surface area (Å²) >= 11 is 0. The molecule has 0 spiro atoms. The molecule has 8 aromatic carbocycles. The van der Waals surface area contributed by atoms with E-state index in [4.69, 9.17) is 4.42 Å². The normalized spacial score (nSPS) is 27.9. The van der Waals surface area contributed by atoms with Crippen molar-refractivity contribution >= 4 is 78.6 Å². The molecule has 3 nitrogen and oxygen atoms in total. The third-order valence-corrected chi connectivity index (χ3v) is 20.8. The zero-order valence-electron chi connectivity index (χ0n) is 40.9. The number of fused-ring (bicyclic) bond motifs is 11. The van der Waals surface area contributed by atoms with Crippen molar-refractivity contribution < 1.29 is 4.42 Å². The number of aromatic nitrogens is 1. The molecule has 348 valence electrons. The van der Waals surface area contributed by atoms with E-state index in [-0.39, 0.29) is 12.3 Å². The summed E-state index contributed by atoms with van der Waals surface area (Å²) in [6.45, 7) is -0.0746. The molecule has 8 saturated carbocycles. The summed E-state index contributed by atoms with van der Waals surface area (Å²) in [4.78, 5) is 2.58. The van der Waals surface area contributed by atoms with Gasteiger partial charge in [0, 0.05) is 49.5 Å². The van der Waals surface area contributed by atoms with E-state index in [2.05, 4.69) is 173 Å². The summed E-state index contributed by atoms with van der Waals surface area (Å²) < 4.78 is 10.1. The van der Waals surface area contributed by atoms with E-state index in [1.807, 2.05) is 0 Å². The second-order valence-corrected chi connectivity index (χ2v) is 24.9. The molecule has 4 heteroatoms. The number of anilines is 3. The third kappa shape index (κ3) is 5.33. The van der Waals surface area contributed by atoms with E-state index < -0.39 is 0 Å². The van der Waals surface area contributed by atoms with E-state index >= 15 is 0 Å². The molecule has 0 N–H and O–H groups in total. The van der Waals surface area contributed by atoms with Crippen LogP contribution < -0.4 is 15.8 Å². The van der Waals surface area contributed by atoms with Crippen LogP contribution in [-0.2, 0) is 10.8 Å². The van der Waals surface area contributed by atoms with Gasteiger partial charge in [0.1, 0.15) is 5.58 Å². The lowest BCUT2D eigenvalue weighted by molar-refractivity contribution is -0.00527. The highest BCUT2D eigenvalue weighted by Crippen LogP contribution is 2.64. The number of rotatable bonds is 5. The van der Waals surface area contributed by atoms with Gasteiger partial charge >= 0.3 is 6.85 Å². The van der Waals surface area contributed by atoms with Gasteiger partial charge in [-0.05, 0) is 228 Å². The Morgan fingerprint density at radius 3 is 1.68 bits per heavy atom. The van der Waals surface area contributed by atoms with E-state index in [9.17, 15) is 0 Å². The van der Waals surface area contributed by atoms with Crippen molar-refractivity contribution in [3.8, 4) is 33.4 Å². The van der Waals surface area contributed by atoms with Gasteiger partial charge in [-0.3, -0.25) is 0 Å². The molecule has 8 bridgehead atoms. The second-order valence-electron chi connectivity index (χ2n) is 24.9. The molecule has 0 radical (unpaired) electrons. The molecule has 8 aliphatic carbocycles. The molecule has 0 saturated heterocycles. The standard InChI is InChI=1S/C68H57BN2O/c1-3-9-46(10-4-1)48-15-19-52(20-16-48)70-61-21-17-49(47-11-5-2-6-12-47)29-59(61)69-63-55(33-58-53-13-7-8-14-62(53)72-66(58)65(63)70)57-32-51(68-37-43-26-44(38-68)28-45(27-43)39-68)31-56-54-30-50(18-22-60(54)71(69)64(56)57)67-34-40-23-41(35-67)25-42(24-40)36-67/h1-22,29-33,40-45H,23-28,34-39H2. The molecule has 8 fully saturated rings. The van der Waals surface area contributed by atoms with Crippen LogP contribution in [0.1, 0.15) is 88.2 Å². The van der Waals surface area contributed by atoms with Crippen LogP contribution in [-0.4, -0.2) is 11.3 Å². The summed E-state index contributed by atoms with van der Waals surface area (Å²) in [6.07, 6.45) is 17.0. The van der Waals surface area contributed by atoms with Crippen LogP contribution in [0.5, 0.6) is 0 Å². The lowest BCUT2D eigenvalue weighted by Crippen LogP contribution is -2.56. The Morgan fingerprint density at radius 2 is 1.01 bits per heavy atom. The molecule has 10 aromatic rings. The van der Waals surface area contributed by atoms with Crippen molar-refractivity contribution in [3.63, 3.8) is 0 Å². The Balaban J connectivity index is 0.962. The quantitative estimate of drug-likeness (QED) is 0.160. The van der Waals surface area contributed by atoms with Gasteiger partial charge in [0.15, 0.2) is 5.58 Å². The van der Waals surface area contributed by atoms with Crippen LogP contribution in [0.3, 0.4) is 0 Å². The fourth-order valence-corrected chi connectivity index (χ4v) is 18.8. The fraction of sp³-hybridized carbons (Fsp3) is 0.294. The Hall–Kier alpha value is -6.78. The van der Waals surface area contributed by atoms with Crippen molar-refractivity contribution in [1.82, 2.24) is 4.48 Å². The first-order chi connectivity index (χ1) is 35.5. The molecule has 10 aliphatic rings. The van der Waals surface area contributed by atoms with Gasteiger partial charge in [0.05, 0.1) is 5.69 Å². The van der Waals surface area contributed by atoms with Gasteiger partial charge in [-0.25, -0.2) is 0 Å². The van der Waals surface area contributed by atoms with Crippen molar-refractivity contribution in [2.24, 2.45) is 35.5 Å². The second kappa shape index (κ2) is 14.0. The van der Waals surface area contributed by atoms with E-state index in [0.717, 1.165) is 52.4 Å². The van der Waals surface area contributed by atoms with Crippen LogP contribution in [0.4, 0.5) is 17.1 Å². The first kappa shape index (κ1) is 39.8. The van der Waals surface area contributed by atoms with Crippen molar-refractivity contribution in [2.75, 3.05) is 4.90 Å². The minimum Gasteiger partial charge on any atom is -0.454 e. The molecule has 0 atom stereocenters. The molecule has 20 rings (SSSR count). The van der Waals surface area contributed by atoms with Gasteiger partial charge in [-0.2, -0.15) is 0 Å². The number of para-hydroxylation sites is 1. The molecule has 2 aliphatic heterocycles. The van der Waals surface area contributed by atoms with Crippen molar-refractivity contribution in [3.05, 3.63) is 175 Å². The van der Waals surface area contributed by atoms with Crippen molar-refractivity contribution in [1.29, 1.82) is 0 Å². The predicted octanol–water partition coefficient (Wildman–Crippen LogP) is 16.4. The Morgan fingerprint density at radius 1 is 0.444 bits per heavy atom. The first-order valence-corrected chi connectivity index (χ1v) is 27.8. The summed E-state index contributed by atoms with van der Waals surface area (Å²) in [6, 6.07) is 63.5. The smallest absolute Gasteiger partial charge is 0.333 e. The summed E-state index contributed by atoms with van der Waals surface area (Å²) in [5.74, 6) is 5.33. The van der Waals surface area contributed by atoms with Gasteiger partial charge < -0.3 is 13.8 Å². The fourth-order valence-electron chi connectivity index (χ4n) is 18.8. The van der Waals surface area contributed by atoms with Crippen LogP contribution >= 0.6 is 0 Å². The molecule has 0 unspecified atom stereocenters. The van der Waals surface area contributed by atoms with E-state index in [0.29, 0.717) is 5.41 Å². The molecule has 72 heavy (non-hydrogen) atoms. The van der Waals surface area contributed by atoms with Crippen molar-refractivity contribution in [2.45, 2.75) is 87.9 Å². The lowest BCUT2D eigenvalue weighted by Gasteiger charge is -2.57. The Bertz CT molecular complexity index is 3880. The number of hydrogen-bond acceptors (Lipinski definition) is 2. The average molecular weight is 929 g/mol. The number of furan rings is 1. The number of nitrogens with zero attached hydrogens (tertiary/aromatic N) is 2. The maximum Gasteiger partial charge on any atom is 0.333 e. The summed E-state index contributed by atoms with van der Waals surface area (Å²) in [5.41, 5.74) is 22.6. The van der Waals surface area contributed by atoms with Gasteiger partial charge in [0.2, 0.25) is 0 Å². The highest BCUT2D eigenvalue weighted by molar-refractivity contribution is 6.90. The van der Waals surface area contributed by atoms with Crippen LogP contribution in [0, 0.1) is 35.5 Å². The highest BCUT2D eigenvalue weighted by atomic mass is 16.3. The Labute approximate surface area is 422 Å². The van der Waals surface area contributed by atoms with Crippen LogP contribution in [0.15, 0.2) is 168 Å². The topological polar surface area (TPSA) is 21.3 Å². The van der Waals surface area contributed by atoms with Crippen LogP contribution in [0.25, 0.3) is 77.1 Å². The molecule has 4 heterocycles. The van der Waals surface area contributed by atoms with E-state index in [1.54, 1.807) is 11.1 Å². The summed E-state index contributed by atoms with van der Waals surface area (Å²) in [5, 5.41) is 5.36. The Kier molecular flexibility index (Phi) is 7.76. The molecule has 2 aromatic heterocycles. The molecule has 0 amide bonds. The zero-order valence-corrected chi connectivity index (χ0v) is 40.9. The largest absolute Gasteiger partial charge is 0.454 e. The monoisotopic (exact) mass is 928 g/mol. The molecular formula is C68H57BN2O. The number of hydrogen-bond donors (Lipinski definition) is 0. The first-order valence-electron chi connectivity index (χ1n) is 27.8. The minimum absolute atomic E-state index is 0.0746. The average Bonchev–Trinajstić information content (AvgIpc) is 3.95. The van der Waals surface area contributed by atoms with Gasteiger partial charge in [0.25, 0.3) is 0 Å². The zero-order chi connectivity index (χ0) is 46.6. The maximum absolute atomic E-state index is 7.28.